The van der Waals surface area contributed by atoms with Crippen LogP contribution in [0.25, 0.3) is 22.1 Å². The van der Waals surface area contributed by atoms with Crippen molar-refractivity contribution in [1.82, 2.24) is 29.5 Å². The Balaban J connectivity index is 1.13. The first-order chi connectivity index (χ1) is 20.8. The molecule has 1 fully saturated rings. The molecule has 1 saturated heterocycles. The molecule has 218 valence electrons. The lowest BCUT2D eigenvalue weighted by Crippen LogP contribution is -2.55. The molecular formula is C30H26ClN7O4S. The lowest BCUT2D eigenvalue weighted by molar-refractivity contribution is -0.384. The number of hydrogen-bond donors (Lipinski definition) is 0. The van der Waals surface area contributed by atoms with Crippen LogP contribution in [0.5, 0.6) is 0 Å². The summed E-state index contributed by atoms with van der Waals surface area (Å²) in [6.07, 6.45) is 0. The summed E-state index contributed by atoms with van der Waals surface area (Å²) in [5, 5.41) is 21.7. The van der Waals surface area contributed by atoms with Crippen LogP contribution in [0.2, 0.25) is 5.02 Å². The maximum atomic E-state index is 13.2. The zero-order valence-electron chi connectivity index (χ0n) is 23.1. The van der Waals surface area contributed by atoms with Gasteiger partial charge >= 0.3 is 0 Å². The molecule has 2 amide bonds. The molecule has 3 aromatic carbocycles. The van der Waals surface area contributed by atoms with Crippen molar-refractivity contribution in [3.05, 3.63) is 99.1 Å². The van der Waals surface area contributed by atoms with Gasteiger partial charge in [-0.05, 0) is 42.8 Å². The second-order valence-electron chi connectivity index (χ2n) is 10.3. The minimum absolute atomic E-state index is 0.0709. The largest absolute Gasteiger partial charge is 0.338 e. The molecule has 13 heteroatoms. The molecule has 1 aliphatic rings. The van der Waals surface area contributed by atoms with Gasteiger partial charge in [-0.15, -0.1) is 10.2 Å². The van der Waals surface area contributed by atoms with Crippen molar-refractivity contribution in [2.75, 3.05) is 25.4 Å². The van der Waals surface area contributed by atoms with E-state index in [2.05, 4.69) is 14.8 Å². The second kappa shape index (κ2) is 12.0. The van der Waals surface area contributed by atoms with Crippen molar-refractivity contribution >= 4 is 62.9 Å². The molecule has 0 saturated carbocycles. The van der Waals surface area contributed by atoms with Gasteiger partial charge < -0.3 is 14.4 Å². The minimum Gasteiger partial charge on any atom is -0.338 e. The van der Waals surface area contributed by atoms with Gasteiger partial charge in [0.1, 0.15) is 5.52 Å². The number of fused-ring (bicyclic) bond motifs is 3. The summed E-state index contributed by atoms with van der Waals surface area (Å²) < 4.78 is 2.08. The summed E-state index contributed by atoms with van der Waals surface area (Å²) in [5.74, 6) is -0.169. The molecule has 0 spiro atoms. The second-order valence-corrected chi connectivity index (χ2v) is 11.7. The van der Waals surface area contributed by atoms with E-state index in [0.717, 1.165) is 16.5 Å². The average Bonchev–Trinajstić information content (AvgIpc) is 3.32. The molecule has 11 nitrogen and oxygen atoms in total. The van der Waals surface area contributed by atoms with E-state index in [-0.39, 0.29) is 29.3 Å². The molecule has 5 aromatic rings. The molecule has 6 rings (SSSR count). The van der Waals surface area contributed by atoms with Gasteiger partial charge in [0.25, 0.3) is 11.6 Å². The molecule has 0 bridgehead atoms. The molecule has 1 aliphatic heterocycles. The van der Waals surface area contributed by atoms with E-state index >= 15 is 0 Å². The van der Waals surface area contributed by atoms with Crippen molar-refractivity contribution in [2.45, 2.75) is 24.7 Å². The molecule has 0 N–H and O–H groups in total. The number of nitrogens with zero attached hydrogens (tertiary/aromatic N) is 7. The van der Waals surface area contributed by atoms with E-state index in [1.54, 1.807) is 9.80 Å². The number of carbonyl (C=O) groups is 2. The number of benzene rings is 3. The first-order valence-electron chi connectivity index (χ1n) is 13.6. The van der Waals surface area contributed by atoms with Crippen LogP contribution in [-0.4, -0.2) is 77.7 Å². The van der Waals surface area contributed by atoms with Gasteiger partial charge in [-0.25, -0.2) is 4.98 Å². The van der Waals surface area contributed by atoms with Crippen molar-refractivity contribution in [3.8, 4) is 0 Å². The number of piperazine rings is 1. The lowest BCUT2D eigenvalue weighted by Gasteiger charge is -2.40. The van der Waals surface area contributed by atoms with Crippen LogP contribution >= 0.6 is 23.4 Å². The van der Waals surface area contributed by atoms with Gasteiger partial charge in [-0.1, -0.05) is 53.7 Å². The van der Waals surface area contributed by atoms with Crippen LogP contribution < -0.4 is 0 Å². The highest BCUT2D eigenvalue weighted by molar-refractivity contribution is 7.99. The van der Waals surface area contributed by atoms with Crippen LogP contribution in [0.4, 0.5) is 5.69 Å². The van der Waals surface area contributed by atoms with E-state index in [1.165, 1.54) is 36.0 Å². The topological polar surface area (TPSA) is 127 Å². The van der Waals surface area contributed by atoms with Crippen LogP contribution in [0.1, 0.15) is 22.8 Å². The highest BCUT2D eigenvalue weighted by Crippen LogP contribution is 2.29. The van der Waals surface area contributed by atoms with Crippen molar-refractivity contribution < 1.29 is 14.5 Å². The molecule has 1 unspecified atom stereocenters. The molecular weight excluding hydrogens is 590 g/mol. The summed E-state index contributed by atoms with van der Waals surface area (Å²) in [7, 11) is 0. The molecule has 0 radical (unpaired) electrons. The Morgan fingerprint density at radius 2 is 1.84 bits per heavy atom. The summed E-state index contributed by atoms with van der Waals surface area (Å²) >= 11 is 7.46. The van der Waals surface area contributed by atoms with Crippen LogP contribution in [-0.2, 0) is 11.3 Å². The molecule has 2 aromatic heterocycles. The Morgan fingerprint density at radius 1 is 1.05 bits per heavy atom. The van der Waals surface area contributed by atoms with E-state index in [1.807, 2.05) is 55.5 Å². The van der Waals surface area contributed by atoms with Crippen LogP contribution in [0.3, 0.4) is 0 Å². The number of aromatic nitrogens is 4. The van der Waals surface area contributed by atoms with Gasteiger partial charge in [-0.3, -0.25) is 19.7 Å². The number of hydrogen-bond acceptors (Lipinski definition) is 8. The molecule has 1 atom stereocenters. The minimum atomic E-state index is -0.501. The summed E-state index contributed by atoms with van der Waals surface area (Å²) in [5.41, 5.74) is 3.68. The zero-order valence-corrected chi connectivity index (χ0v) is 24.7. The van der Waals surface area contributed by atoms with E-state index in [4.69, 9.17) is 16.6 Å². The number of carbonyl (C=O) groups excluding carboxylic acids is 2. The van der Waals surface area contributed by atoms with Crippen molar-refractivity contribution in [1.29, 1.82) is 0 Å². The smallest absolute Gasteiger partial charge is 0.269 e. The van der Waals surface area contributed by atoms with Crippen molar-refractivity contribution in [2.24, 2.45) is 0 Å². The number of nitro groups is 1. The number of rotatable bonds is 7. The maximum Gasteiger partial charge on any atom is 0.269 e. The normalized spacial score (nSPS) is 15.3. The first-order valence-corrected chi connectivity index (χ1v) is 15.0. The van der Waals surface area contributed by atoms with Gasteiger partial charge in [0.15, 0.2) is 5.65 Å². The van der Waals surface area contributed by atoms with Gasteiger partial charge in [0.2, 0.25) is 11.1 Å². The quantitative estimate of drug-likeness (QED) is 0.141. The van der Waals surface area contributed by atoms with Crippen LogP contribution in [0, 0.1) is 10.1 Å². The van der Waals surface area contributed by atoms with E-state index < -0.39 is 4.92 Å². The summed E-state index contributed by atoms with van der Waals surface area (Å²) in [6, 6.07) is 21.0. The summed E-state index contributed by atoms with van der Waals surface area (Å²) in [4.78, 5) is 44.8. The number of halogens is 1. The number of thioether (sulfide) groups is 1. The number of para-hydroxylation sites is 1. The zero-order chi connectivity index (χ0) is 30.1. The summed E-state index contributed by atoms with van der Waals surface area (Å²) in [6.45, 7) is 3.56. The predicted octanol–water partition coefficient (Wildman–Crippen LogP) is 5.05. The standard InChI is InChI=1S/C30H26ClN7O4S/c1-19-16-35(13-14-36(19)29(40)21-9-11-23(12-10-21)38(41)42)26(39)18-43-30-32-28-27(33-34-30)24-7-2-3-8-25(24)37(28)17-20-5-4-6-22(31)15-20/h2-12,15,19H,13-14,16-18H2,1H3. The number of non-ortho nitro benzene ring substituents is 1. The Morgan fingerprint density at radius 3 is 2.58 bits per heavy atom. The van der Waals surface area contributed by atoms with Crippen molar-refractivity contribution in [3.63, 3.8) is 0 Å². The maximum absolute atomic E-state index is 13.2. The Kier molecular flexibility index (Phi) is 7.96. The Hall–Kier alpha value is -4.55. The van der Waals surface area contributed by atoms with E-state index in [9.17, 15) is 19.7 Å². The first kappa shape index (κ1) is 28.6. The highest BCUT2D eigenvalue weighted by Gasteiger charge is 2.30. The highest BCUT2D eigenvalue weighted by atomic mass is 35.5. The molecule has 43 heavy (non-hydrogen) atoms. The fraction of sp³-hybridized carbons (Fsp3) is 0.233. The Bertz CT molecular complexity index is 1860. The van der Waals surface area contributed by atoms with Gasteiger partial charge in [0, 0.05) is 60.3 Å². The third-order valence-corrected chi connectivity index (χ3v) is 8.53. The fourth-order valence-electron chi connectivity index (χ4n) is 5.32. The van der Waals surface area contributed by atoms with Crippen LogP contribution in [0.15, 0.2) is 78.0 Å². The van der Waals surface area contributed by atoms with Gasteiger partial charge in [-0.2, -0.15) is 0 Å². The molecule has 0 aliphatic carbocycles. The predicted molar refractivity (Wildman–Crippen MR) is 164 cm³/mol. The molecule has 3 heterocycles. The number of nitro benzene ring substituents is 1. The Labute approximate surface area is 255 Å². The average molecular weight is 616 g/mol. The van der Waals surface area contributed by atoms with E-state index in [0.29, 0.717) is 53.1 Å². The third-order valence-electron chi connectivity index (χ3n) is 7.48. The SMILES string of the molecule is CC1CN(C(=O)CSc2nnc3c4ccccc4n(Cc4cccc(Cl)c4)c3n2)CCN1C(=O)c1ccc([N+](=O)[O-])cc1. The monoisotopic (exact) mass is 615 g/mol. The van der Waals surface area contributed by atoms with Gasteiger partial charge in [0.05, 0.1) is 16.2 Å². The number of amides is 2. The fourth-order valence-corrected chi connectivity index (χ4v) is 6.22. The third kappa shape index (κ3) is 5.88. The lowest BCUT2D eigenvalue weighted by atomic mass is 10.1.